The van der Waals surface area contributed by atoms with Crippen LogP contribution in [-0.2, 0) is 4.79 Å². The first-order chi connectivity index (χ1) is 17.6. The van der Waals surface area contributed by atoms with Crippen LogP contribution >= 0.6 is 12.4 Å². The van der Waals surface area contributed by atoms with Crippen molar-refractivity contribution >= 4 is 53.3 Å². The Balaban J connectivity index is 0.00000320. The van der Waals surface area contributed by atoms with Crippen LogP contribution in [0.2, 0.25) is 0 Å². The van der Waals surface area contributed by atoms with Crippen LogP contribution in [-0.4, -0.2) is 49.7 Å². The molecule has 0 saturated carbocycles. The number of carbonyl (C=O) groups is 2. The minimum Gasteiger partial charge on any atom is -0.368 e. The summed E-state index contributed by atoms with van der Waals surface area (Å²) in [5.74, 6) is 1.34. The number of hydrogen-bond acceptors (Lipinski definition) is 6. The Bertz CT molecular complexity index is 1350. The summed E-state index contributed by atoms with van der Waals surface area (Å²) in [4.78, 5) is 33.7. The summed E-state index contributed by atoms with van der Waals surface area (Å²) >= 11 is 0. The van der Waals surface area contributed by atoms with E-state index in [4.69, 9.17) is 0 Å². The lowest BCUT2D eigenvalue weighted by molar-refractivity contribution is -0.111. The zero-order valence-corrected chi connectivity index (χ0v) is 20.8. The Morgan fingerprint density at radius 1 is 0.703 bits per heavy atom. The van der Waals surface area contributed by atoms with Crippen molar-refractivity contribution in [1.82, 2.24) is 10.6 Å². The highest BCUT2D eigenvalue weighted by atomic mass is 35.5. The van der Waals surface area contributed by atoms with Gasteiger partial charge in [0.1, 0.15) is 11.7 Å². The van der Waals surface area contributed by atoms with Crippen molar-refractivity contribution in [2.75, 3.05) is 36.8 Å². The summed E-state index contributed by atoms with van der Waals surface area (Å²) < 4.78 is 0. The van der Waals surface area contributed by atoms with Crippen molar-refractivity contribution in [2.45, 2.75) is 0 Å². The predicted octanol–water partition coefficient (Wildman–Crippen LogP) is 3.71. The first kappa shape index (κ1) is 25.7. The molecule has 0 aliphatic carbocycles. The fraction of sp³-hybridized carbons (Fsp3) is 0.143. The number of benzene rings is 3. The molecule has 2 aliphatic rings. The number of amidine groups is 2. The van der Waals surface area contributed by atoms with Crippen molar-refractivity contribution in [2.24, 2.45) is 9.98 Å². The molecule has 3 aromatic carbocycles. The number of carbonyl (C=O) groups excluding carboxylic acids is 2. The Morgan fingerprint density at radius 2 is 1.22 bits per heavy atom. The predicted molar refractivity (Wildman–Crippen MR) is 151 cm³/mol. The quantitative estimate of drug-likeness (QED) is 0.360. The van der Waals surface area contributed by atoms with Crippen LogP contribution in [0.1, 0.15) is 27.0 Å². The summed E-state index contributed by atoms with van der Waals surface area (Å²) in [6.07, 6.45) is 3.18. The van der Waals surface area contributed by atoms with E-state index >= 15 is 0 Å². The van der Waals surface area contributed by atoms with E-state index in [2.05, 4.69) is 31.3 Å². The van der Waals surface area contributed by atoms with Gasteiger partial charge in [-0.05, 0) is 72.3 Å². The van der Waals surface area contributed by atoms with Gasteiger partial charge in [-0.3, -0.25) is 19.6 Å². The van der Waals surface area contributed by atoms with E-state index in [0.29, 0.717) is 16.9 Å². The highest BCUT2D eigenvalue weighted by Crippen LogP contribution is 2.15. The molecule has 8 nitrogen and oxygen atoms in total. The van der Waals surface area contributed by atoms with Crippen LogP contribution in [0.25, 0.3) is 6.08 Å². The second kappa shape index (κ2) is 12.0. The number of aliphatic imine (C=N–C) groups is 2. The van der Waals surface area contributed by atoms with Crippen LogP contribution in [0.3, 0.4) is 0 Å². The highest BCUT2D eigenvalue weighted by Gasteiger charge is 2.10. The normalized spacial score (nSPS) is 14.2. The molecule has 4 N–H and O–H groups in total. The van der Waals surface area contributed by atoms with Crippen LogP contribution in [0, 0.1) is 0 Å². The number of anilines is 2. The molecule has 0 bridgehead atoms. The van der Waals surface area contributed by atoms with Crippen molar-refractivity contribution in [3.05, 3.63) is 101 Å². The van der Waals surface area contributed by atoms with Gasteiger partial charge in [0.25, 0.3) is 5.91 Å². The molecule has 0 radical (unpaired) electrons. The Morgan fingerprint density at radius 3 is 1.70 bits per heavy atom. The number of nitrogens with zero attached hydrogens (tertiary/aromatic N) is 2. The Kier molecular flexibility index (Phi) is 8.33. The molecule has 2 aliphatic heterocycles. The largest absolute Gasteiger partial charge is 0.368 e. The zero-order chi connectivity index (χ0) is 24.7. The Labute approximate surface area is 221 Å². The fourth-order valence-corrected chi connectivity index (χ4v) is 3.91. The lowest BCUT2D eigenvalue weighted by Crippen LogP contribution is -2.19. The lowest BCUT2D eigenvalue weighted by Gasteiger charge is -2.07. The van der Waals surface area contributed by atoms with Gasteiger partial charge in [-0.15, -0.1) is 12.4 Å². The minimum absolute atomic E-state index is 0. The van der Waals surface area contributed by atoms with Gasteiger partial charge < -0.3 is 21.3 Å². The van der Waals surface area contributed by atoms with E-state index in [1.807, 2.05) is 48.5 Å². The van der Waals surface area contributed by atoms with E-state index < -0.39 is 0 Å². The van der Waals surface area contributed by atoms with Crippen molar-refractivity contribution in [1.29, 1.82) is 0 Å². The van der Waals surface area contributed by atoms with Gasteiger partial charge >= 0.3 is 0 Å². The highest BCUT2D eigenvalue weighted by molar-refractivity contribution is 6.06. The van der Waals surface area contributed by atoms with Crippen LogP contribution in [0.15, 0.2) is 88.9 Å². The second-order valence-electron chi connectivity index (χ2n) is 8.37. The third-order valence-corrected chi connectivity index (χ3v) is 5.79. The maximum Gasteiger partial charge on any atom is 0.255 e. The first-order valence-corrected chi connectivity index (χ1v) is 11.8. The number of hydrogen-bond donors (Lipinski definition) is 4. The van der Waals surface area contributed by atoms with E-state index in [-0.39, 0.29) is 24.2 Å². The first-order valence-electron chi connectivity index (χ1n) is 11.8. The molecule has 3 aromatic rings. The van der Waals surface area contributed by atoms with Gasteiger partial charge in [-0.1, -0.05) is 12.1 Å². The monoisotopic (exact) mass is 514 g/mol. The van der Waals surface area contributed by atoms with Gasteiger partial charge in [0.15, 0.2) is 0 Å². The molecule has 5 rings (SSSR count). The molecule has 0 atom stereocenters. The van der Waals surface area contributed by atoms with Gasteiger partial charge in [0.05, 0.1) is 13.1 Å². The molecule has 2 amide bonds. The standard InChI is InChI=1S/C28H26N6O2.ClH/c35-25(33-23-10-6-20(7-11-23)26-29-15-16-30-26)14-3-19-1-4-22(5-2-19)28(36)34-24-12-8-21(9-13-24)27-31-17-18-32-27;/h1-14H,15-18H2,(H,29,30)(H,31,32)(H,33,35)(H,34,36);1H. The van der Waals surface area contributed by atoms with E-state index in [1.165, 1.54) is 6.08 Å². The van der Waals surface area contributed by atoms with E-state index in [0.717, 1.165) is 54.5 Å². The zero-order valence-electron chi connectivity index (χ0n) is 20.0. The Hall–Kier alpha value is -4.43. The molecule has 0 spiro atoms. The molecule has 9 heteroatoms. The smallest absolute Gasteiger partial charge is 0.255 e. The molecule has 188 valence electrons. The fourth-order valence-electron chi connectivity index (χ4n) is 3.91. The van der Waals surface area contributed by atoms with Crippen molar-refractivity contribution in [3.8, 4) is 0 Å². The second-order valence-corrected chi connectivity index (χ2v) is 8.37. The van der Waals surface area contributed by atoms with E-state index in [9.17, 15) is 9.59 Å². The maximum atomic E-state index is 12.6. The van der Waals surface area contributed by atoms with Crippen molar-refractivity contribution < 1.29 is 9.59 Å². The molecule has 37 heavy (non-hydrogen) atoms. The summed E-state index contributed by atoms with van der Waals surface area (Å²) in [5.41, 5.74) is 4.76. The summed E-state index contributed by atoms with van der Waals surface area (Å²) in [5, 5.41) is 12.2. The third-order valence-electron chi connectivity index (χ3n) is 5.79. The van der Waals surface area contributed by atoms with Crippen molar-refractivity contribution in [3.63, 3.8) is 0 Å². The molecule has 2 heterocycles. The van der Waals surface area contributed by atoms with Gasteiger partial charge in [0.2, 0.25) is 5.91 Å². The van der Waals surface area contributed by atoms with Gasteiger partial charge in [-0.2, -0.15) is 0 Å². The molecule has 0 unspecified atom stereocenters. The minimum atomic E-state index is -0.233. The van der Waals surface area contributed by atoms with Crippen LogP contribution in [0.5, 0.6) is 0 Å². The molecule has 0 aromatic heterocycles. The topological polar surface area (TPSA) is 107 Å². The SMILES string of the molecule is Cl.O=C(C=Cc1ccc(C(=O)Nc2ccc(C3=NCCN3)cc2)cc1)Nc1ccc(C2=NCCN2)cc1. The maximum absolute atomic E-state index is 12.6. The van der Waals surface area contributed by atoms with E-state index in [1.54, 1.807) is 30.3 Å². The number of amides is 2. The van der Waals surface area contributed by atoms with Gasteiger partial charge in [0, 0.05) is 47.2 Å². The number of rotatable bonds is 7. The van der Waals surface area contributed by atoms with Gasteiger partial charge in [-0.25, -0.2) is 0 Å². The lowest BCUT2D eigenvalue weighted by atomic mass is 10.1. The summed E-state index contributed by atoms with van der Waals surface area (Å²) in [7, 11) is 0. The summed E-state index contributed by atoms with van der Waals surface area (Å²) in [6, 6.07) is 22.2. The molecular formula is C28H27ClN6O2. The summed E-state index contributed by atoms with van der Waals surface area (Å²) in [6.45, 7) is 3.28. The van der Waals surface area contributed by atoms with Crippen LogP contribution in [0.4, 0.5) is 11.4 Å². The molecular weight excluding hydrogens is 488 g/mol. The number of nitrogens with one attached hydrogen (secondary N) is 4. The average Bonchev–Trinajstić information content (AvgIpc) is 3.64. The molecule has 0 fully saturated rings. The number of halogens is 1. The third kappa shape index (κ3) is 6.62. The molecule has 0 saturated heterocycles. The van der Waals surface area contributed by atoms with Crippen LogP contribution < -0.4 is 21.3 Å². The average molecular weight is 515 g/mol.